The Morgan fingerprint density at radius 2 is 1.79 bits per heavy atom. The van der Waals surface area contributed by atoms with Gasteiger partial charge in [0.2, 0.25) is 0 Å². The second kappa shape index (κ2) is 6.24. The van der Waals surface area contributed by atoms with Crippen LogP contribution in [0.1, 0.15) is 29.2 Å². The largest absolute Gasteiger partial charge is 0.388 e. The normalized spacial score (nSPS) is 10.9. The molecular formula is C18H21N. The first kappa shape index (κ1) is 13.4. The molecule has 0 spiro atoms. The molecule has 0 atom stereocenters. The lowest BCUT2D eigenvalue weighted by molar-refractivity contribution is 1.13. The maximum absolute atomic E-state index is 3.25. The van der Waals surface area contributed by atoms with Crippen LogP contribution in [-0.4, -0.2) is 7.05 Å². The minimum absolute atomic E-state index is 1.06. The second-order valence-corrected chi connectivity index (χ2v) is 4.67. The molecule has 0 fully saturated rings. The highest BCUT2D eigenvalue weighted by atomic mass is 14.8. The van der Waals surface area contributed by atoms with Crippen LogP contribution in [0.25, 0.3) is 12.2 Å². The molecule has 2 rings (SSSR count). The molecule has 0 amide bonds. The molecule has 0 aliphatic carbocycles. The van der Waals surface area contributed by atoms with Gasteiger partial charge in [-0.25, -0.2) is 0 Å². The summed E-state index contributed by atoms with van der Waals surface area (Å²) in [6.45, 7) is 4.34. The molecule has 0 saturated carbocycles. The fourth-order valence-electron chi connectivity index (χ4n) is 2.31. The molecule has 0 bridgehead atoms. The summed E-state index contributed by atoms with van der Waals surface area (Å²) >= 11 is 0. The van der Waals surface area contributed by atoms with Crippen molar-refractivity contribution in [3.05, 3.63) is 64.7 Å². The van der Waals surface area contributed by atoms with Crippen LogP contribution in [0.5, 0.6) is 0 Å². The zero-order valence-electron chi connectivity index (χ0n) is 11.9. The van der Waals surface area contributed by atoms with Crippen LogP contribution >= 0.6 is 0 Å². The summed E-state index contributed by atoms with van der Waals surface area (Å²) in [5, 5.41) is 3.25. The lowest BCUT2D eigenvalue weighted by atomic mass is 10.0. The Kier molecular flexibility index (Phi) is 4.40. The number of nitrogens with one attached hydrogen (secondary N) is 1. The summed E-state index contributed by atoms with van der Waals surface area (Å²) < 4.78 is 0. The minimum Gasteiger partial charge on any atom is -0.388 e. The van der Waals surface area contributed by atoms with Gasteiger partial charge in [-0.3, -0.25) is 0 Å². The van der Waals surface area contributed by atoms with Crippen LogP contribution in [0.4, 0.5) is 5.69 Å². The van der Waals surface area contributed by atoms with Crippen LogP contribution in [0, 0.1) is 6.92 Å². The van der Waals surface area contributed by atoms with E-state index in [-0.39, 0.29) is 0 Å². The molecule has 0 unspecified atom stereocenters. The second-order valence-electron chi connectivity index (χ2n) is 4.67. The molecular weight excluding hydrogens is 230 g/mol. The monoisotopic (exact) mass is 251 g/mol. The molecule has 0 aromatic heterocycles. The first-order valence-electron chi connectivity index (χ1n) is 6.79. The van der Waals surface area contributed by atoms with Gasteiger partial charge in [0.05, 0.1) is 0 Å². The number of rotatable bonds is 4. The van der Waals surface area contributed by atoms with Crippen molar-refractivity contribution < 1.29 is 0 Å². The van der Waals surface area contributed by atoms with E-state index in [1.54, 1.807) is 0 Å². The van der Waals surface area contributed by atoms with E-state index in [2.05, 4.69) is 73.8 Å². The Bertz CT molecular complexity index is 582. The Balaban J connectivity index is 2.38. The minimum atomic E-state index is 1.06. The van der Waals surface area contributed by atoms with Gasteiger partial charge in [-0.05, 0) is 36.1 Å². The van der Waals surface area contributed by atoms with Crippen molar-refractivity contribution in [2.24, 2.45) is 0 Å². The van der Waals surface area contributed by atoms with Crippen molar-refractivity contribution in [1.29, 1.82) is 0 Å². The van der Waals surface area contributed by atoms with Gasteiger partial charge in [0.1, 0.15) is 0 Å². The third-order valence-electron chi connectivity index (χ3n) is 3.46. The van der Waals surface area contributed by atoms with E-state index >= 15 is 0 Å². The maximum Gasteiger partial charge on any atom is 0.0413 e. The standard InChI is InChI=1S/C18H21N/c1-4-15-9-5-6-10-16(15)12-13-17-14(2)8-7-11-18(17)19-3/h5-13,19H,4H2,1-3H3/b13-12+. The SMILES string of the molecule is CCc1ccccc1/C=C/c1c(C)cccc1NC. The van der Waals surface area contributed by atoms with Crippen molar-refractivity contribution >= 4 is 17.8 Å². The average Bonchev–Trinajstić information content (AvgIpc) is 2.46. The molecule has 0 saturated heterocycles. The summed E-state index contributed by atoms with van der Waals surface area (Å²) in [6, 6.07) is 14.9. The molecule has 0 heterocycles. The zero-order chi connectivity index (χ0) is 13.7. The van der Waals surface area contributed by atoms with Gasteiger partial charge in [0.25, 0.3) is 0 Å². The molecule has 0 radical (unpaired) electrons. The molecule has 2 aromatic rings. The van der Waals surface area contributed by atoms with Crippen LogP contribution in [0.15, 0.2) is 42.5 Å². The van der Waals surface area contributed by atoms with E-state index < -0.39 is 0 Å². The quantitative estimate of drug-likeness (QED) is 0.772. The highest BCUT2D eigenvalue weighted by molar-refractivity contribution is 5.79. The Labute approximate surface area is 116 Å². The van der Waals surface area contributed by atoms with Crippen molar-refractivity contribution in [3.63, 3.8) is 0 Å². The van der Waals surface area contributed by atoms with Crippen LogP contribution in [0.2, 0.25) is 0 Å². The first-order chi connectivity index (χ1) is 9.26. The third-order valence-corrected chi connectivity index (χ3v) is 3.46. The van der Waals surface area contributed by atoms with Gasteiger partial charge >= 0.3 is 0 Å². The van der Waals surface area contributed by atoms with Gasteiger partial charge in [0, 0.05) is 18.3 Å². The number of aryl methyl sites for hydroxylation is 2. The Morgan fingerprint density at radius 3 is 2.53 bits per heavy atom. The zero-order valence-corrected chi connectivity index (χ0v) is 11.9. The van der Waals surface area contributed by atoms with Gasteiger partial charge in [-0.2, -0.15) is 0 Å². The highest BCUT2D eigenvalue weighted by Crippen LogP contribution is 2.22. The fourth-order valence-corrected chi connectivity index (χ4v) is 2.31. The Morgan fingerprint density at radius 1 is 1.00 bits per heavy atom. The molecule has 0 aliphatic heterocycles. The van der Waals surface area contributed by atoms with E-state index in [1.807, 2.05) is 7.05 Å². The third kappa shape index (κ3) is 3.05. The maximum atomic E-state index is 3.25. The van der Waals surface area contributed by atoms with Gasteiger partial charge in [0.15, 0.2) is 0 Å². The summed E-state index contributed by atoms with van der Waals surface area (Å²) in [5.41, 5.74) is 6.41. The summed E-state index contributed by atoms with van der Waals surface area (Å²) in [5.74, 6) is 0. The molecule has 1 nitrogen and oxygen atoms in total. The molecule has 1 N–H and O–H groups in total. The topological polar surface area (TPSA) is 12.0 Å². The van der Waals surface area contributed by atoms with Crippen molar-refractivity contribution in [1.82, 2.24) is 0 Å². The van der Waals surface area contributed by atoms with Crippen LogP contribution < -0.4 is 5.32 Å². The van der Waals surface area contributed by atoms with Crippen molar-refractivity contribution in [2.45, 2.75) is 20.3 Å². The lowest BCUT2D eigenvalue weighted by Crippen LogP contribution is -1.93. The number of hydrogen-bond acceptors (Lipinski definition) is 1. The molecule has 19 heavy (non-hydrogen) atoms. The highest BCUT2D eigenvalue weighted by Gasteiger charge is 2.01. The van der Waals surface area contributed by atoms with E-state index in [9.17, 15) is 0 Å². The number of anilines is 1. The van der Waals surface area contributed by atoms with Crippen molar-refractivity contribution in [2.75, 3.05) is 12.4 Å². The summed E-state index contributed by atoms with van der Waals surface area (Å²) in [6.07, 6.45) is 5.48. The fraction of sp³-hybridized carbons (Fsp3) is 0.222. The predicted molar refractivity (Wildman–Crippen MR) is 85.5 cm³/mol. The van der Waals surface area contributed by atoms with Crippen LogP contribution in [0.3, 0.4) is 0 Å². The molecule has 98 valence electrons. The molecule has 1 heteroatoms. The van der Waals surface area contributed by atoms with Gasteiger partial charge in [-0.1, -0.05) is 55.5 Å². The number of benzene rings is 2. The summed E-state index contributed by atoms with van der Waals surface area (Å²) in [7, 11) is 1.96. The number of hydrogen-bond donors (Lipinski definition) is 1. The molecule has 2 aromatic carbocycles. The first-order valence-corrected chi connectivity index (χ1v) is 6.79. The summed E-state index contributed by atoms with van der Waals surface area (Å²) in [4.78, 5) is 0. The predicted octanol–water partition coefficient (Wildman–Crippen LogP) is 4.77. The van der Waals surface area contributed by atoms with Crippen molar-refractivity contribution in [3.8, 4) is 0 Å². The van der Waals surface area contributed by atoms with Crippen LogP contribution in [-0.2, 0) is 6.42 Å². The smallest absolute Gasteiger partial charge is 0.0413 e. The van der Waals surface area contributed by atoms with E-state index in [0.29, 0.717) is 0 Å². The Hall–Kier alpha value is -2.02. The van der Waals surface area contributed by atoms with E-state index in [1.165, 1.54) is 27.9 Å². The van der Waals surface area contributed by atoms with Gasteiger partial charge in [-0.15, -0.1) is 0 Å². The molecule has 0 aliphatic rings. The lowest BCUT2D eigenvalue weighted by Gasteiger charge is -2.09. The van der Waals surface area contributed by atoms with E-state index in [4.69, 9.17) is 0 Å². The van der Waals surface area contributed by atoms with E-state index in [0.717, 1.165) is 6.42 Å². The van der Waals surface area contributed by atoms with Gasteiger partial charge < -0.3 is 5.32 Å². The average molecular weight is 251 g/mol.